The Kier molecular flexibility index (Phi) is 7.25. The highest BCUT2D eigenvalue weighted by Crippen LogP contribution is 2.25. The van der Waals surface area contributed by atoms with Gasteiger partial charge in [-0.05, 0) is 31.8 Å². The summed E-state index contributed by atoms with van der Waals surface area (Å²) in [5.74, 6) is 9.18. The van der Waals surface area contributed by atoms with Crippen molar-refractivity contribution in [3.8, 4) is 0 Å². The number of aromatic nitrogens is 2. The Labute approximate surface area is 132 Å². The lowest BCUT2D eigenvalue weighted by Crippen LogP contribution is -2.21. The largest absolute Gasteiger partial charge is 0.370 e. The summed E-state index contributed by atoms with van der Waals surface area (Å²) in [4.78, 5) is 9.17. The van der Waals surface area contributed by atoms with Crippen LogP contribution in [0.3, 0.4) is 0 Å². The van der Waals surface area contributed by atoms with Crippen molar-refractivity contribution in [1.82, 2.24) is 9.97 Å². The summed E-state index contributed by atoms with van der Waals surface area (Å²) in [6.07, 6.45) is 5.82. The molecule has 120 valence electrons. The van der Waals surface area contributed by atoms with Gasteiger partial charge in [0.1, 0.15) is 17.5 Å². The molecule has 0 aliphatic heterocycles. The molecule has 1 aromatic rings. The fraction of sp³-hybridized carbons (Fsp3) is 0.733. The smallest absolute Gasteiger partial charge is 0.148 e. The van der Waals surface area contributed by atoms with Crippen LogP contribution < -0.4 is 16.6 Å². The van der Waals surface area contributed by atoms with Crippen molar-refractivity contribution in [3.05, 3.63) is 11.4 Å². The third-order valence-corrected chi connectivity index (χ3v) is 3.97. The molecule has 0 aromatic carbocycles. The third-order valence-electron chi connectivity index (χ3n) is 3.27. The van der Waals surface area contributed by atoms with Crippen LogP contribution in [0.1, 0.15) is 51.4 Å². The topological polar surface area (TPSA) is 75.9 Å². The number of nitrogens with two attached hydrogens (primary N) is 1. The summed E-state index contributed by atoms with van der Waals surface area (Å²) in [7, 11) is 0. The number of rotatable bonds is 8. The second kappa shape index (κ2) is 8.44. The van der Waals surface area contributed by atoms with Gasteiger partial charge < -0.3 is 10.7 Å². The predicted octanol–water partition coefficient (Wildman–Crippen LogP) is 3.31. The first-order chi connectivity index (χ1) is 9.90. The highest BCUT2D eigenvalue weighted by atomic mass is 32.2. The number of nitrogen functional groups attached to an aromatic ring is 1. The Bertz CT molecular complexity index is 442. The van der Waals surface area contributed by atoms with Gasteiger partial charge in [-0.15, -0.1) is 0 Å². The molecule has 0 aliphatic carbocycles. The van der Waals surface area contributed by atoms with Gasteiger partial charge in [0, 0.05) is 17.5 Å². The van der Waals surface area contributed by atoms with E-state index in [1.807, 2.05) is 18.7 Å². The molecule has 0 unspecified atom stereocenters. The summed E-state index contributed by atoms with van der Waals surface area (Å²) in [5.41, 5.74) is 3.54. The maximum atomic E-state index is 5.57. The van der Waals surface area contributed by atoms with E-state index >= 15 is 0 Å². The van der Waals surface area contributed by atoms with Crippen LogP contribution in [0.5, 0.6) is 0 Å². The van der Waals surface area contributed by atoms with Gasteiger partial charge in [-0.25, -0.2) is 15.8 Å². The zero-order valence-electron chi connectivity index (χ0n) is 13.9. The molecular weight excluding hydrogens is 282 g/mol. The Hall–Kier alpha value is -1.01. The van der Waals surface area contributed by atoms with E-state index in [-0.39, 0.29) is 5.41 Å². The van der Waals surface area contributed by atoms with E-state index in [1.165, 1.54) is 18.6 Å². The van der Waals surface area contributed by atoms with E-state index in [2.05, 4.69) is 47.7 Å². The van der Waals surface area contributed by atoms with Gasteiger partial charge in [-0.1, -0.05) is 27.2 Å². The molecule has 0 fully saturated rings. The second-order valence-corrected chi connectivity index (χ2v) is 7.23. The number of hydrogen-bond acceptors (Lipinski definition) is 6. The standard InChI is InChI=1S/C15H29N5S/c1-11-12(17-9-7-6-8-10-21-5)18-14(15(2,3)4)19-13(11)20-16/h6-10,16H2,1-5H3,(H2,17,18,19,20). The minimum atomic E-state index is -0.103. The van der Waals surface area contributed by atoms with E-state index in [1.54, 1.807) is 0 Å². The van der Waals surface area contributed by atoms with Crippen LogP contribution in [0.4, 0.5) is 11.6 Å². The third kappa shape index (κ3) is 5.71. The van der Waals surface area contributed by atoms with E-state index in [0.717, 1.165) is 30.2 Å². The fourth-order valence-corrected chi connectivity index (χ4v) is 2.41. The minimum Gasteiger partial charge on any atom is -0.370 e. The Morgan fingerprint density at radius 3 is 2.33 bits per heavy atom. The van der Waals surface area contributed by atoms with Crippen molar-refractivity contribution in [2.24, 2.45) is 5.84 Å². The molecular formula is C15H29N5S. The molecule has 0 saturated carbocycles. The SMILES string of the molecule is CSCCCCCNc1nc(C(C)(C)C)nc(NN)c1C. The van der Waals surface area contributed by atoms with Crippen LogP contribution in [-0.4, -0.2) is 28.5 Å². The normalized spacial score (nSPS) is 11.5. The lowest BCUT2D eigenvalue weighted by Gasteiger charge is -2.20. The lowest BCUT2D eigenvalue weighted by molar-refractivity contribution is 0.546. The molecule has 1 aromatic heterocycles. The fourth-order valence-electron chi connectivity index (χ4n) is 1.92. The van der Waals surface area contributed by atoms with Crippen molar-refractivity contribution >= 4 is 23.4 Å². The van der Waals surface area contributed by atoms with Gasteiger partial charge in [-0.2, -0.15) is 11.8 Å². The average molecular weight is 311 g/mol. The first kappa shape index (κ1) is 18.0. The molecule has 0 aliphatic rings. The number of nitrogens with zero attached hydrogens (tertiary/aromatic N) is 2. The van der Waals surface area contributed by atoms with Crippen molar-refractivity contribution < 1.29 is 0 Å². The van der Waals surface area contributed by atoms with Crippen LogP contribution in [-0.2, 0) is 5.41 Å². The number of thioether (sulfide) groups is 1. The molecule has 0 bridgehead atoms. The first-order valence-electron chi connectivity index (χ1n) is 7.48. The van der Waals surface area contributed by atoms with Gasteiger partial charge >= 0.3 is 0 Å². The Morgan fingerprint density at radius 1 is 1.10 bits per heavy atom. The molecule has 1 rings (SSSR count). The van der Waals surface area contributed by atoms with Crippen molar-refractivity contribution in [3.63, 3.8) is 0 Å². The quantitative estimate of drug-likeness (QED) is 0.388. The molecule has 0 radical (unpaired) electrons. The van der Waals surface area contributed by atoms with Crippen molar-refractivity contribution in [2.45, 2.75) is 52.4 Å². The van der Waals surface area contributed by atoms with Crippen LogP contribution in [0.2, 0.25) is 0 Å². The molecule has 0 spiro atoms. The summed E-state index contributed by atoms with van der Waals surface area (Å²) in [6, 6.07) is 0. The second-order valence-electron chi connectivity index (χ2n) is 6.24. The summed E-state index contributed by atoms with van der Waals surface area (Å²) >= 11 is 1.90. The van der Waals surface area contributed by atoms with Crippen LogP contribution in [0.25, 0.3) is 0 Å². The molecule has 5 nitrogen and oxygen atoms in total. The number of unbranched alkanes of at least 4 members (excludes halogenated alkanes) is 2. The molecule has 1 heterocycles. The molecule has 6 heteroatoms. The zero-order valence-corrected chi connectivity index (χ0v) is 14.7. The van der Waals surface area contributed by atoms with Crippen LogP contribution in [0, 0.1) is 6.92 Å². The highest BCUT2D eigenvalue weighted by molar-refractivity contribution is 7.98. The highest BCUT2D eigenvalue weighted by Gasteiger charge is 2.20. The number of hydrazine groups is 1. The number of nitrogens with one attached hydrogen (secondary N) is 2. The average Bonchev–Trinajstić information content (AvgIpc) is 2.43. The van der Waals surface area contributed by atoms with Gasteiger partial charge in [0.15, 0.2) is 0 Å². The maximum absolute atomic E-state index is 5.57. The van der Waals surface area contributed by atoms with E-state index in [9.17, 15) is 0 Å². The summed E-state index contributed by atoms with van der Waals surface area (Å²) in [6.45, 7) is 9.22. The summed E-state index contributed by atoms with van der Waals surface area (Å²) < 4.78 is 0. The molecule has 0 saturated heterocycles. The summed E-state index contributed by atoms with van der Waals surface area (Å²) in [5, 5.41) is 3.42. The molecule has 0 amide bonds. The van der Waals surface area contributed by atoms with Gasteiger partial charge in [0.2, 0.25) is 0 Å². The Morgan fingerprint density at radius 2 is 1.76 bits per heavy atom. The van der Waals surface area contributed by atoms with Gasteiger partial charge in [0.05, 0.1) is 0 Å². The molecule has 0 atom stereocenters. The van der Waals surface area contributed by atoms with Gasteiger partial charge in [-0.3, -0.25) is 0 Å². The molecule has 21 heavy (non-hydrogen) atoms. The predicted molar refractivity (Wildman–Crippen MR) is 94.0 cm³/mol. The minimum absolute atomic E-state index is 0.103. The zero-order chi connectivity index (χ0) is 15.9. The van der Waals surface area contributed by atoms with Crippen molar-refractivity contribution in [2.75, 3.05) is 29.3 Å². The Balaban J connectivity index is 2.72. The first-order valence-corrected chi connectivity index (χ1v) is 8.88. The monoisotopic (exact) mass is 311 g/mol. The van der Waals surface area contributed by atoms with Crippen LogP contribution >= 0.6 is 11.8 Å². The van der Waals surface area contributed by atoms with E-state index in [0.29, 0.717) is 5.82 Å². The van der Waals surface area contributed by atoms with Gasteiger partial charge in [0.25, 0.3) is 0 Å². The lowest BCUT2D eigenvalue weighted by atomic mass is 9.95. The van der Waals surface area contributed by atoms with E-state index < -0.39 is 0 Å². The van der Waals surface area contributed by atoms with E-state index in [4.69, 9.17) is 5.84 Å². The van der Waals surface area contributed by atoms with Crippen LogP contribution in [0.15, 0.2) is 0 Å². The van der Waals surface area contributed by atoms with Crippen molar-refractivity contribution in [1.29, 1.82) is 0 Å². The number of hydrogen-bond donors (Lipinski definition) is 3. The maximum Gasteiger partial charge on any atom is 0.148 e. The molecule has 4 N–H and O–H groups in total. The number of anilines is 2.